The van der Waals surface area contributed by atoms with E-state index in [0.29, 0.717) is 12.5 Å². The van der Waals surface area contributed by atoms with Crippen molar-refractivity contribution in [2.75, 3.05) is 13.1 Å². The topological polar surface area (TPSA) is 61.4 Å². The molecule has 0 aromatic carbocycles. The molecule has 0 unspecified atom stereocenters. The molecule has 2 aromatic rings. The van der Waals surface area contributed by atoms with E-state index in [-0.39, 0.29) is 12.6 Å². The SMILES string of the molecule is C[C@H](CNC(=O)NC[C@H](O)c1ccsc1)Cc1cccs1. The van der Waals surface area contributed by atoms with E-state index in [0.717, 1.165) is 12.0 Å². The summed E-state index contributed by atoms with van der Waals surface area (Å²) in [5, 5.41) is 21.3. The summed E-state index contributed by atoms with van der Waals surface area (Å²) < 4.78 is 0. The van der Waals surface area contributed by atoms with Gasteiger partial charge >= 0.3 is 6.03 Å². The maximum atomic E-state index is 11.7. The summed E-state index contributed by atoms with van der Waals surface area (Å²) in [5.41, 5.74) is 0.839. The number of nitrogens with one attached hydrogen (secondary N) is 2. The van der Waals surface area contributed by atoms with Crippen LogP contribution in [0.2, 0.25) is 0 Å². The van der Waals surface area contributed by atoms with Crippen LogP contribution in [0.4, 0.5) is 4.79 Å². The largest absolute Gasteiger partial charge is 0.387 e. The molecule has 4 nitrogen and oxygen atoms in total. The molecule has 2 amide bonds. The Labute approximate surface area is 132 Å². The van der Waals surface area contributed by atoms with Crippen molar-refractivity contribution >= 4 is 28.7 Å². The number of amides is 2. The summed E-state index contributed by atoms with van der Waals surface area (Å²) >= 11 is 3.27. The van der Waals surface area contributed by atoms with Crippen molar-refractivity contribution in [2.24, 2.45) is 5.92 Å². The first-order valence-corrected chi connectivity index (χ1v) is 8.71. The summed E-state index contributed by atoms with van der Waals surface area (Å²) in [7, 11) is 0. The van der Waals surface area contributed by atoms with Crippen LogP contribution in [-0.2, 0) is 6.42 Å². The first kappa shape index (κ1) is 16.0. The van der Waals surface area contributed by atoms with Crippen LogP contribution in [0.3, 0.4) is 0 Å². The first-order valence-electron chi connectivity index (χ1n) is 6.89. The van der Waals surface area contributed by atoms with Crippen LogP contribution >= 0.6 is 22.7 Å². The molecule has 0 aliphatic carbocycles. The lowest BCUT2D eigenvalue weighted by Gasteiger charge is -2.14. The third kappa shape index (κ3) is 5.49. The minimum atomic E-state index is -0.648. The number of urea groups is 1. The standard InChI is InChI=1S/C15H20N2O2S2/c1-11(7-13-3-2-5-21-13)8-16-15(19)17-9-14(18)12-4-6-20-10-12/h2-6,10-11,14,18H,7-9H2,1H3,(H2,16,17,19)/t11-,14-/m0/s1. The second-order valence-corrected chi connectivity index (χ2v) is 6.86. The Morgan fingerprint density at radius 3 is 2.76 bits per heavy atom. The molecular weight excluding hydrogens is 304 g/mol. The lowest BCUT2D eigenvalue weighted by atomic mass is 10.1. The van der Waals surface area contributed by atoms with Gasteiger partial charge < -0.3 is 15.7 Å². The number of carbonyl (C=O) groups excluding carboxylic acids is 1. The number of aliphatic hydroxyl groups excluding tert-OH is 1. The molecule has 2 aromatic heterocycles. The predicted octanol–water partition coefficient (Wildman–Crippen LogP) is 3.02. The Hall–Kier alpha value is -1.37. The summed E-state index contributed by atoms with van der Waals surface area (Å²) in [6.45, 7) is 2.96. The Kier molecular flexibility index (Phi) is 6.22. The van der Waals surface area contributed by atoms with Crippen LogP contribution < -0.4 is 10.6 Å². The van der Waals surface area contributed by atoms with Crippen molar-refractivity contribution in [3.8, 4) is 0 Å². The molecule has 2 atom stereocenters. The zero-order valence-corrected chi connectivity index (χ0v) is 13.5. The van der Waals surface area contributed by atoms with Gasteiger partial charge in [-0.3, -0.25) is 0 Å². The number of hydrogen-bond donors (Lipinski definition) is 3. The molecule has 0 radical (unpaired) electrons. The van der Waals surface area contributed by atoms with Gasteiger partial charge in [-0.25, -0.2) is 4.79 Å². The van der Waals surface area contributed by atoms with Crippen molar-refractivity contribution in [1.82, 2.24) is 10.6 Å². The molecule has 0 spiro atoms. The Balaban J connectivity index is 1.63. The maximum absolute atomic E-state index is 11.7. The number of rotatable bonds is 7. The van der Waals surface area contributed by atoms with E-state index in [4.69, 9.17) is 0 Å². The minimum Gasteiger partial charge on any atom is -0.387 e. The fraction of sp³-hybridized carbons (Fsp3) is 0.400. The van der Waals surface area contributed by atoms with Gasteiger partial charge in [-0.15, -0.1) is 11.3 Å². The highest BCUT2D eigenvalue weighted by Gasteiger charge is 2.11. The van der Waals surface area contributed by atoms with Crippen molar-refractivity contribution in [3.05, 3.63) is 44.8 Å². The van der Waals surface area contributed by atoms with Crippen molar-refractivity contribution in [1.29, 1.82) is 0 Å². The summed E-state index contributed by atoms with van der Waals surface area (Å²) in [4.78, 5) is 13.0. The Bertz CT molecular complexity index is 526. The second kappa shape index (κ2) is 8.17. The van der Waals surface area contributed by atoms with E-state index in [1.54, 1.807) is 11.3 Å². The Morgan fingerprint density at radius 1 is 1.29 bits per heavy atom. The maximum Gasteiger partial charge on any atom is 0.314 e. The van der Waals surface area contributed by atoms with Gasteiger partial charge in [0.15, 0.2) is 0 Å². The van der Waals surface area contributed by atoms with Crippen LogP contribution in [0.25, 0.3) is 0 Å². The fourth-order valence-electron chi connectivity index (χ4n) is 1.95. The lowest BCUT2D eigenvalue weighted by Crippen LogP contribution is -2.39. The average Bonchev–Trinajstić information content (AvgIpc) is 3.15. The van der Waals surface area contributed by atoms with E-state index >= 15 is 0 Å². The molecule has 0 saturated carbocycles. The zero-order valence-electron chi connectivity index (χ0n) is 11.9. The molecule has 2 heterocycles. The molecule has 0 fully saturated rings. The van der Waals surface area contributed by atoms with E-state index in [1.807, 2.05) is 22.9 Å². The molecule has 3 N–H and O–H groups in total. The molecule has 0 aliphatic rings. The van der Waals surface area contributed by atoms with Crippen molar-refractivity contribution in [3.63, 3.8) is 0 Å². The van der Waals surface area contributed by atoms with E-state index in [2.05, 4.69) is 29.0 Å². The van der Waals surface area contributed by atoms with Crippen molar-refractivity contribution < 1.29 is 9.90 Å². The van der Waals surface area contributed by atoms with E-state index in [1.165, 1.54) is 16.2 Å². The highest BCUT2D eigenvalue weighted by molar-refractivity contribution is 7.09. The normalized spacial score (nSPS) is 13.6. The van der Waals surface area contributed by atoms with Gasteiger partial charge in [0.2, 0.25) is 0 Å². The van der Waals surface area contributed by atoms with Gasteiger partial charge in [-0.2, -0.15) is 11.3 Å². The quantitative estimate of drug-likeness (QED) is 0.733. The second-order valence-electron chi connectivity index (χ2n) is 5.05. The van der Waals surface area contributed by atoms with E-state index < -0.39 is 6.10 Å². The highest BCUT2D eigenvalue weighted by Crippen LogP contribution is 2.15. The van der Waals surface area contributed by atoms with E-state index in [9.17, 15) is 9.90 Å². The Morgan fingerprint density at radius 2 is 2.10 bits per heavy atom. The van der Waals surface area contributed by atoms with Gasteiger partial charge in [-0.1, -0.05) is 13.0 Å². The number of hydrogen-bond acceptors (Lipinski definition) is 4. The highest BCUT2D eigenvalue weighted by atomic mass is 32.1. The molecule has 114 valence electrons. The van der Waals surface area contributed by atoms with Crippen LogP contribution in [0, 0.1) is 5.92 Å². The lowest BCUT2D eigenvalue weighted by molar-refractivity contribution is 0.173. The monoisotopic (exact) mass is 324 g/mol. The summed E-state index contributed by atoms with van der Waals surface area (Å²) in [6, 6.07) is 5.78. The average molecular weight is 324 g/mol. The summed E-state index contributed by atoms with van der Waals surface area (Å²) in [5.74, 6) is 0.385. The third-order valence-corrected chi connectivity index (χ3v) is 4.72. The first-order chi connectivity index (χ1) is 10.1. The molecule has 6 heteroatoms. The molecular formula is C15H20N2O2S2. The molecule has 2 rings (SSSR count). The molecule has 0 bridgehead atoms. The fourth-order valence-corrected chi connectivity index (χ4v) is 3.52. The van der Waals surface area contributed by atoms with Crippen LogP contribution in [0.5, 0.6) is 0 Å². The van der Waals surface area contributed by atoms with Gasteiger partial charge in [0.05, 0.1) is 6.10 Å². The molecule has 21 heavy (non-hydrogen) atoms. The number of aliphatic hydroxyl groups is 1. The van der Waals surface area contributed by atoms with Gasteiger partial charge in [0.1, 0.15) is 0 Å². The minimum absolute atomic E-state index is 0.224. The summed E-state index contributed by atoms with van der Waals surface area (Å²) in [6.07, 6.45) is 0.320. The smallest absolute Gasteiger partial charge is 0.314 e. The van der Waals surface area contributed by atoms with Gasteiger partial charge in [-0.05, 0) is 46.2 Å². The van der Waals surface area contributed by atoms with Gasteiger partial charge in [0.25, 0.3) is 0 Å². The number of thiophene rings is 2. The van der Waals surface area contributed by atoms with Crippen LogP contribution in [0.15, 0.2) is 34.3 Å². The third-order valence-electron chi connectivity index (χ3n) is 3.12. The van der Waals surface area contributed by atoms with Crippen molar-refractivity contribution in [2.45, 2.75) is 19.4 Å². The van der Waals surface area contributed by atoms with Gasteiger partial charge in [0, 0.05) is 18.0 Å². The molecule has 0 aliphatic heterocycles. The van der Waals surface area contributed by atoms with Crippen LogP contribution in [0.1, 0.15) is 23.5 Å². The molecule has 0 saturated heterocycles. The number of carbonyl (C=O) groups is 1. The van der Waals surface area contributed by atoms with Crippen LogP contribution in [-0.4, -0.2) is 24.2 Å². The zero-order chi connectivity index (χ0) is 15.1. The predicted molar refractivity (Wildman–Crippen MR) is 87.9 cm³/mol.